The van der Waals surface area contributed by atoms with Crippen LogP contribution in [0.15, 0.2) is 24.3 Å². The van der Waals surface area contributed by atoms with Crippen molar-refractivity contribution in [3.63, 3.8) is 0 Å². The van der Waals surface area contributed by atoms with E-state index in [1.54, 1.807) is 18.2 Å². The predicted octanol–water partition coefficient (Wildman–Crippen LogP) is 3.53. The summed E-state index contributed by atoms with van der Waals surface area (Å²) in [6.45, 7) is 2.01. The van der Waals surface area contributed by atoms with Crippen LogP contribution in [-0.2, 0) is 4.79 Å². The monoisotopic (exact) mass is 355 g/mol. The molecule has 1 saturated carbocycles. The van der Waals surface area contributed by atoms with Gasteiger partial charge in [0.15, 0.2) is 5.78 Å². The van der Waals surface area contributed by atoms with Crippen molar-refractivity contribution in [2.24, 2.45) is 0 Å². The number of fused-ring (bicyclic) bond motifs is 1. The first kappa shape index (κ1) is 17.3. The molecule has 1 saturated heterocycles. The number of carbonyl (C=O) groups excluding carboxylic acids is 1. The Labute approximate surface area is 153 Å². The van der Waals surface area contributed by atoms with E-state index in [1.165, 1.54) is 31.8 Å². The van der Waals surface area contributed by atoms with Crippen molar-refractivity contribution in [1.29, 1.82) is 0 Å². The van der Waals surface area contributed by atoms with Crippen molar-refractivity contribution in [2.45, 2.75) is 56.6 Å². The number of hydrogen-bond donors (Lipinski definition) is 1. The zero-order chi connectivity index (χ0) is 18.1. The third-order valence-corrected chi connectivity index (χ3v) is 6.08. The van der Waals surface area contributed by atoms with Crippen LogP contribution in [0.25, 0.3) is 6.08 Å². The molecule has 0 amide bonds. The van der Waals surface area contributed by atoms with Crippen LogP contribution in [0.5, 0.6) is 5.75 Å². The number of carbonyl (C=O) groups is 2. The first-order chi connectivity index (χ1) is 12.5. The molecule has 0 aromatic heterocycles. The second-order valence-electron chi connectivity index (χ2n) is 7.79. The maximum Gasteiger partial charge on any atom is 0.328 e. The Morgan fingerprint density at radius 1 is 1.23 bits per heavy atom. The number of ether oxygens (including phenoxy) is 1. The van der Waals surface area contributed by atoms with Crippen molar-refractivity contribution >= 4 is 17.8 Å². The lowest BCUT2D eigenvalue weighted by molar-refractivity contribution is -0.131. The molecular weight excluding hydrogens is 330 g/mol. The Morgan fingerprint density at radius 2 is 1.96 bits per heavy atom. The van der Waals surface area contributed by atoms with Crippen LogP contribution < -0.4 is 4.74 Å². The Bertz CT molecular complexity index is 740. The molecule has 5 heteroatoms. The summed E-state index contributed by atoms with van der Waals surface area (Å²) in [5.41, 5.74) is 0.911. The maximum atomic E-state index is 12.8. The summed E-state index contributed by atoms with van der Waals surface area (Å²) in [6, 6.07) is 6.07. The lowest BCUT2D eigenvalue weighted by Gasteiger charge is -2.45. The van der Waals surface area contributed by atoms with Gasteiger partial charge in [0.05, 0.1) is 12.0 Å². The minimum Gasteiger partial charge on any atom is -0.486 e. The highest BCUT2D eigenvalue weighted by Crippen LogP contribution is 2.41. The Hall–Kier alpha value is -2.14. The first-order valence-electron chi connectivity index (χ1n) is 9.56. The minimum absolute atomic E-state index is 0.103. The third kappa shape index (κ3) is 3.40. The molecule has 3 aliphatic rings. The average molecular weight is 355 g/mol. The molecule has 1 N–H and O–H groups in total. The molecule has 1 aliphatic carbocycles. The van der Waals surface area contributed by atoms with Crippen molar-refractivity contribution in [1.82, 2.24) is 4.90 Å². The molecule has 0 bridgehead atoms. The van der Waals surface area contributed by atoms with Crippen LogP contribution in [0.1, 0.15) is 60.9 Å². The fourth-order valence-corrected chi connectivity index (χ4v) is 4.63. The van der Waals surface area contributed by atoms with E-state index in [9.17, 15) is 9.59 Å². The van der Waals surface area contributed by atoms with Gasteiger partial charge < -0.3 is 14.7 Å². The Balaban J connectivity index is 1.48. The molecule has 2 fully saturated rings. The first-order valence-corrected chi connectivity index (χ1v) is 9.56. The van der Waals surface area contributed by atoms with Gasteiger partial charge in [-0.2, -0.15) is 0 Å². The maximum absolute atomic E-state index is 12.8. The van der Waals surface area contributed by atoms with Crippen LogP contribution in [0.3, 0.4) is 0 Å². The lowest BCUT2D eigenvalue weighted by atomic mass is 9.81. The van der Waals surface area contributed by atoms with Gasteiger partial charge in [-0.1, -0.05) is 18.9 Å². The minimum atomic E-state index is -1.00. The molecule has 2 aliphatic heterocycles. The zero-order valence-electron chi connectivity index (χ0n) is 14.9. The number of Topliss-reactive ketones (excluding diaryl/α,β-unsaturated/α-hetero) is 1. The number of nitrogens with zero attached hydrogens (tertiary/aromatic N) is 1. The van der Waals surface area contributed by atoms with Gasteiger partial charge in [-0.05, 0) is 36.6 Å². The molecule has 1 spiro atoms. The molecule has 0 unspecified atom stereocenters. The molecule has 0 atom stereocenters. The smallest absolute Gasteiger partial charge is 0.328 e. The average Bonchev–Trinajstić information content (AvgIpc) is 3.15. The number of hydrogen-bond acceptors (Lipinski definition) is 4. The number of piperidine rings is 1. The highest BCUT2D eigenvalue weighted by atomic mass is 16.5. The van der Waals surface area contributed by atoms with Crippen LogP contribution in [0.2, 0.25) is 0 Å². The molecule has 5 nitrogen and oxygen atoms in total. The van der Waals surface area contributed by atoms with Gasteiger partial charge in [-0.3, -0.25) is 4.79 Å². The number of carboxylic acids is 1. The van der Waals surface area contributed by atoms with Crippen molar-refractivity contribution in [3.05, 3.63) is 35.4 Å². The highest BCUT2D eigenvalue weighted by Gasteiger charge is 2.44. The SMILES string of the molecule is O=C(O)C=Cc1ccc2c(c1)C(=O)CC1(CCN(C3CCCC3)CC1)O2. The van der Waals surface area contributed by atoms with E-state index in [-0.39, 0.29) is 11.4 Å². The second-order valence-corrected chi connectivity index (χ2v) is 7.79. The summed E-state index contributed by atoms with van der Waals surface area (Å²) in [4.78, 5) is 26.0. The summed E-state index contributed by atoms with van der Waals surface area (Å²) in [5.74, 6) is -0.257. The summed E-state index contributed by atoms with van der Waals surface area (Å²) >= 11 is 0. The van der Waals surface area contributed by atoms with Gasteiger partial charge >= 0.3 is 5.97 Å². The van der Waals surface area contributed by atoms with E-state index in [2.05, 4.69) is 4.90 Å². The summed E-state index contributed by atoms with van der Waals surface area (Å²) in [7, 11) is 0. The third-order valence-electron chi connectivity index (χ3n) is 6.08. The molecule has 1 aromatic rings. The van der Waals surface area contributed by atoms with Crippen molar-refractivity contribution in [3.8, 4) is 5.75 Å². The Morgan fingerprint density at radius 3 is 2.65 bits per heavy atom. The largest absolute Gasteiger partial charge is 0.486 e. The number of aliphatic carboxylic acids is 1. The standard InChI is InChI=1S/C21H25NO4/c23-18-14-21(9-11-22(12-10-21)16-3-1-2-4-16)26-19-7-5-15(13-17(18)19)6-8-20(24)25/h5-8,13,16H,1-4,9-12,14H2,(H,24,25). The van der Waals surface area contributed by atoms with Crippen LogP contribution in [0.4, 0.5) is 0 Å². The summed E-state index contributed by atoms with van der Waals surface area (Å²) in [6.07, 6.45) is 10.1. The van der Waals surface area contributed by atoms with Crippen LogP contribution in [0, 0.1) is 0 Å². The topological polar surface area (TPSA) is 66.8 Å². The van der Waals surface area contributed by atoms with E-state index in [1.807, 2.05) is 0 Å². The van der Waals surface area contributed by atoms with E-state index < -0.39 is 5.97 Å². The fourth-order valence-electron chi connectivity index (χ4n) is 4.63. The lowest BCUT2D eigenvalue weighted by Crippen LogP contribution is -2.52. The molecule has 26 heavy (non-hydrogen) atoms. The van der Waals surface area contributed by atoms with Gasteiger partial charge in [0, 0.05) is 38.0 Å². The zero-order valence-corrected chi connectivity index (χ0v) is 14.9. The summed E-state index contributed by atoms with van der Waals surface area (Å²) < 4.78 is 6.33. The molecular formula is C21H25NO4. The van der Waals surface area contributed by atoms with Gasteiger partial charge in [0.1, 0.15) is 11.4 Å². The van der Waals surface area contributed by atoms with Gasteiger partial charge in [-0.15, -0.1) is 0 Å². The Kier molecular flexibility index (Phi) is 4.57. The van der Waals surface area contributed by atoms with Crippen molar-refractivity contribution in [2.75, 3.05) is 13.1 Å². The normalized spacial score (nSPS) is 23.3. The van der Waals surface area contributed by atoms with Gasteiger partial charge in [-0.25, -0.2) is 4.79 Å². The quantitative estimate of drug-likeness (QED) is 0.840. The van der Waals surface area contributed by atoms with E-state index in [0.29, 0.717) is 23.3 Å². The van der Waals surface area contributed by atoms with Gasteiger partial charge in [0.2, 0.25) is 0 Å². The molecule has 2 heterocycles. The van der Waals surface area contributed by atoms with E-state index in [0.717, 1.165) is 38.0 Å². The number of ketones is 1. The molecule has 0 radical (unpaired) electrons. The predicted molar refractivity (Wildman–Crippen MR) is 98.5 cm³/mol. The number of likely N-dealkylation sites (tertiary alicyclic amines) is 1. The number of benzene rings is 1. The van der Waals surface area contributed by atoms with Crippen LogP contribution >= 0.6 is 0 Å². The molecule has 1 aromatic carbocycles. The van der Waals surface area contributed by atoms with E-state index in [4.69, 9.17) is 9.84 Å². The van der Waals surface area contributed by atoms with Crippen LogP contribution in [-0.4, -0.2) is 46.5 Å². The number of rotatable bonds is 3. The highest BCUT2D eigenvalue weighted by molar-refractivity contribution is 6.01. The number of carboxylic acid groups (broad SMARTS) is 1. The summed E-state index contributed by atoms with van der Waals surface area (Å²) in [5, 5.41) is 8.75. The molecule has 138 valence electrons. The second kappa shape index (κ2) is 6.88. The fraction of sp³-hybridized carbons (Fsp3) is 0.524. The van der Waals surface area contributed by atoms with Crippen molar-refractivity contribution < 1.29 is 19.4 Å². The molecule has 4 rings (SSSR count). The van der Waals surface area contributed by atoms with Gasteiger partial charge in [0.25, 0.3) is 0 Å². The van der Waals surface area contributed by atoms with E-state index >= 15 is 0 Å².